The molecule has 2 rings (SSSR count). The van der Waals surface area contributed by atoms with Gasteiger partial charge in [0.25, 0.3) is 0 Å². The van der Waals surface area contributed by atoms with E-state index in [4.69, 9.17) is 4.74 Å². The van der Waals surface area contributed by atoms with E-state index in [2.05, 4.69) is 11.2 Å². The van der Waals surface area contributed by atoms with Crippen molar-refractivity contribution in [2.75, 3.05) is 7.11 Å². The summed E-state index contributed by atoms with van der Waals surface area (Å²) < 4.78 is 7.15. The van der Waals surface area contributed by atoms with Gasteiger partial charge in [0, 0.05) is 19.2 Å². The summed E-state index contributed by atoms with van der Waals surface area (Å²) in [6, 6.07) is 7.85. The fourth-order valence-corrected chi connectivity index (χ4v) is 2.27. The van der Waals surface area contributed by atoms with Crippen molar-refractivity contribution < 1.29 is 9.84 Å². The quantitative estimate of drug-likeness (QED) is 0.898. The van der Waals surface area contributed by atoms with Gasteiger partial charge in [-0.3, -0.25) is 4.68 Å². The van der Waals surface area contributed by atoms with Crippen LogP contribution in [0.15, 0.2) is 30.5 Å². The van der Waals surface area contributed by atoms with Crippen molar-refractivity contribution in [1.82, 2.24) is 9.78 Å². The van der Waals surface area contributed by atoms with Crippen molar-refractivity contribution in [3.8, 4) is 5.75 Å². The molecule has 0 saturated heterocycles. The number of ether oxygens (including phenoxy) is 1. The Morgan fingerprint density at radius 1 is 1.37 bits per heavy atom. The van der Waals surface area contributed by atoms with Crippen LogP contribution in [0.4, 0.5) is 0 Å². The summed E-state index contributed by atoms with van der Waals surface area (Å²) >= 11 is 0. The number of methoxy groups -OCH3 is 1. The lowest BCUT2D eigenvalue weighted by molar-refractivity contribution is 0.166. The van der Waals surface area contributed by atoms with Gasteiger partial charge in [-0.1, -0.05) is 17.7 Å². The van der Waals surface area contributed by atoms with Crippen LogP contribution in [-0.4, -0.2) is 22.0 Å². The van der Waals surface area contributed by atoms with Gasteiger partial charge in [-0.25, -0.2) is 0 Å². The molecule has 2 aromatic rings. The first-order valence-electron chi connectivity index (χ1n) is 6.49. The fraction of sp³-hybridized carbons (Fsp3) is 0.400. The van der Waals surface area contributed by atoms with Gasteiger partial charge in [0.2, 0.25) is 0 Å². The summed E-state index contributed by atoms with van der Waals surface area (Å²) in [7, 11) is 1.65. The van der Waals surface area contributed by atoms with Crippen LogP contribution < -0.4 is 4.74 Å². The maximum atomic E-state index is 10.4. The third kappa shape index (κ3) is 2.96. The van der Waals surface area contributed by atoms with E-state index in [9.17, 15) is 5.11 Å². The number of rotatable bonds is 5. The van der Waals surface area contributed by atoms with Crippen molar-refractivity contribution in [1.29, 1.82) is 0 Å². The molecule has 1 N–H and O–H groups in total. The highest BCUT2D eigenvalue weighted by atomic mass is 16.5. The van der Waals surface area contributed by atoms with E-state index in [0.29, 0.717) is 6.42 Å². The maximum absolute atomic E-state index is 10.4. The molecule has 1 aromatic carbocycles. The molecule has 0 amide bonds. The second kappa shape index (κ2) is 5.89. The minimum absolute atomic E-state index is 0.524. The maximum Gasteiger partial charge on any atom is 0.122 e. The molecule has 1 heterocycles. The first kappa shape index (κ1) is 13.6. The Labute approximate surface area is 113 Å². The van der Waals surface area contributed by atoms with Gasteiger partial charge in [0.15, 0.2) is 0 Å². The third-order valence-corrected chi connectivity index (χ3v) is 3.24. The minimum atomic E-state index is -0.571. The molecule has 0 aliphatic heterocycles. The van der Waals surface area contributed by atoms with Gasteiger partial charge in [-0.15, -0.1) is 0 Å². The zero-order valence-corrected chi connectivity index (χ0v) is 11.6. The number of aliphatic hydroxyl groups excluding tert-OH is 1. The molecule has 1 atom stereocenters. The van der Waals surface area contributed by atoms with Crippen molar-refractivity contribution in [2.24, 2.45) is 0 Å². The molecule has 0 radical (unpaired) electrons. The molecule has 1 unspecified atom stereocenters. The SMILES string of the molecule is CCn1nccc1C(O)Cc1cc(C)ccc1OC. The van der Waals surface area contributed by atoms with E-state index in [1.807, 2.05) is 36.7 Å². The van der Waals surface area contributed by atoms with Crippen LogP contribution in [0.5, 0.6) is 5.75 Å². The molecule has 0 bridgehead atoms. The van der Waals surface area contributed by atoms with Gasteiger partial charge < -0.3 is 9.84 Å². The van der Waals surface area contributed by atoms with E-state index in [1.54, 1.807) is 13.3 Å². The summed E-state index contributed by atoms with van der Waals surface area (Å²) in [5.74, 6) is 0.812. The van der Waals surface area contributed by atoms with E-state index >= 15 is 0 Å². The van der Waals surface area contributed by atoms with E-state index in [0.717, 1.165) is 29.1 Å². The highest BCUT2D eigenvalue weighted by Gasteiger charge is 2.15. The normalized spacial score (nSPS) is 12.4. The standard InChI is InChI=1S/C15H20N2O2/c1-4-17-13(7-8-16-17)14(18)10-12-9-11(2)5-6-15(12)19-3/h5-9,14,18H,4,10H2,1-3H3. The molecule has 0 spiro atoms. The number of aromatic nitrogens is 2. The molecule has 0 aliphatic carbocycles. The zero-order valence-electron chi connectivity index (χ0n) is 11.6. The van der Waals surface area contributed by atoms with Crippen molar-refractivity contribution in [2.45, 2.75) is 32.9 Å². The lowest BCUT2D eigenvalue weighted by atomic mass is 10.0. The zero-order chi connectivity index (χ0) is 13.8. The molecule has 4 nitrogen and oxygen atoms in total. The monoisotopic (exact) mass is 260 g/mol. The van der Waals surface area contributed by atoms with Crippen LogP contribution in [0.25, 0.3) is 0 Å². The molecule has 102 valence electrons. The largest absolute Gasteiger partial charge is 0.496 e. The topological polar surface area (TPSA) is 47.3 Å². The lowest BCUT2D eigenvalue weighted by Gasteiger charge is -2.15. The van der Waals surface area contributed by atoms with E-state index in [-0.39, 0.29) is 0 Å². The lowest BCUT2D eigenvalue weighted by Crippen LogP contribution is -2.10. The summed E-state index contributed by atoms with van der Waals surface area (Å²) in [6.07, 6.45) is 1.67. The summed E-state index contributed by atoms with van der Waals surface area (Å²) in [5.41, 5.74) is 3.01. The Morgan fingerprint density at radius 2 is 2.16 bits per heavy atom. The van der Waals surface area contributed by atoms with Gasteiger partial charge in [-0.05, 0) is 31.5 Å². The Bertz CT molecular complexity index is 549. The van der Waals surface area contributed by atoms with Gasteiger partial charge in [0.05, 0.1) is 18.9 Å². The molecule has 0 fully saturated rings. The van der Waals surface area contributed by atoms with Gasteiger partial charge >= 0.3 is 0 Å². The van der Waals surface area contributed by atoms with E-state index in [1.165, 1.54) is 0 Å². The minimum Gasteiger partial charge on any atom is -0.496 e. The second-order valence-electron chi connectivity index (χ2n) is 4.61. The summed E-state index contributed by atoms with van der Waals surface area (Å²) in [4.78, 5) is 0. The first-order chi connectivity index (χ1) is 9.15. The molecule has 1 aromatic heterocycles. The number of aryl methyl sites for hydroxylation is 2. The van der Waals surface area contributed by atoms with Crippen LogP contribution in [0.1, 0.15) is 29.8 Å². The molecule has 0 aliphatic rings. The number of hydrogen-bond acceptors (Lipinski definition) is 3. The molecular weight excluding hydrogens is 240 g/mol. The van der Waals surface area contributed by atoms with Crippen molar-refractivity contribution >= 4 is 0 Å². The Balaban J connectivity index is 2.23. The Kier molecular flexibility index (Phi) is 4.22. The Hall–Kier alpha value is -1.81. The average Bonchev–Trinajstić information content (AvgIpc) is 2.87. The van der Waals surface area contributed by atoms with Crippen LogP contribution >= 0.6 is 0 Å². The van der Waals surface area contributed by atoms with Gasteiger partial charge in [-0.2, -0.15) is 5.10 Å². The summed E-state index contributed by atoms with van der Waals surface area (Å²) in [6.45, 7) is 4.80. The number of hydrogen-bond donors (Lipinski definition) is 1. The fourth-order valence-electron chi connectivity index (χ4n) is 2.27. The predicted octanol–water partition coefficient (Wildman–Crippen LogP) is 2.50. The average molecular weight is 260 g/mol. The summed E-state index contributed by atoms with van der Waals surface area (Å²) in [5, 5.41) is 14.6. The van der Waals surface area contributed by atoms with Crippen LogP contribution in [0.2, 0.25) is 0 Å². The third-order valence-electron chi connectivity index (χ3n) is 3.24. The molecule has 19 heavy (non-hydrogen) atoms. The Morgan fingerprint density at radius 3 is 2.84 bits per heavy atom. The van der Waals surface area contributed by atoms with Gasteiger partial charge in [0.1, 0.15) is 5.75 Å². The molecule has 0 saturated carbocycles. The number of aliphatic hydroxyl groups is 1. The smallest absolute Gasteiger partial charge is 0.122 e. The first-order valence-corrected chi connectivity index (χ1v) is 6.49. The predicted molar refractivity (Wildman–Crippen MR) is 74.3 cm³/mol. The number of benzene rings is 1. The van der Waals surface area contributed by atoms with Crippen LogP contribution in [0.3, 0.4) is 0 Å². The molecule has 4 heteroatoms. The van der Waals surface area contributed by atoms with Crippen LogP contribution in [-0.2, 0) is 13.0 Å². The highest BCUT2D eigenvalue weighted by Crippen LogP contribution is 2.26. The number of nitrogens with zero attached hydrogens (tertiary/aromatic N) is 2. The van der Waals surface area contributed by atoms with Crippen molar-refractivity contribution in [3.05, 3.63) is 47.3 Å². The molecular formula is C15H20N2O2. The van der Waals surface area contributed by atoms with Crippen molar-refractivity contribution in [3.63, 3.8) is 0 Å². The van der Waals surface area contributed by atoms with E-state index < -0.39 is 6.10 Å². The highest BCUT2D eigenvalue weighted by molar-refractivity contribution is 5.37. The second-order valence-corrected chi connectivity index (χ2v) is 4.61. The van der Waals surface area contributed by atoms with Crippen LogP contribution in [0, 0.1) is 6.92 Å².